The number of carbonyl (C=O) groups excluding carboxylic acids is 4. The summed E-state index contributed by atoms with van der Waals surface area (Å²) in [5.41, 5.74) is 1.01. The lowest BCUT2D eigenvalue weighted by Crippen LogP contribution is -2.49. The van der Waals surface area contributed by atoms with Crippen LogP contribution >= 0.6 is 0 Å². The number of aromatic hydroxyl groups is 2. The van der Waals surface area contributed by atoms with Gasteiger partial charge in [-0.05, 0) is 35.4 Å². The van der Waals surface area contributed by atoms with Crippen molar-refractivity contribution in [2.24, 2.45) is 0 Å². The van der Waals surface area contributed by atoms with Crippen LogP contribution < -0.4 is 16.0 Å². The van der Waals surface area contributed by atoms with Crippen LogP contribution in [0.3, 0.4) is 0 Å². The molecule has 0 fully saturated rings. The molecule has 4 amide bonds. The molecule has 2 aromatic rings. The highest BCUT2D eigenvalue weighted by Gasteiger charge is 2.31. The number of hydrogen-bond acceptors (Lipinski definition) is 7. The van der Waals surface area contributed by atoms with Gasteiger partial charge in [-0.2, -0.15) is 0 Å². The van der Waals surface area contributed by atoms with Gasteiger partial charge in [0.05, 0.1) is 13.1 Å². The number of likely N-dealkylation sites (N-methyl/N-ethyl adjacent to an activating group) is 1. The molecule has 12 nitrogen and oxygen atoms in total. The predicted octanol–water partition coefficient (Wildman–Crippen LogP) is -0.748. The van der Waals surface area contributed by atoms with Crippen molar-refractivity contribution in [2.75, 3.05) is 20.1 Å². The van der Waals surface area contributed by atoms with Crippen LogP contribution in [0, 0.1) is 0 Å². The van der Waals surface area contributed by atoms with E-state index in [0.29, 0.717) is 12.0 Å². The Kier molecular flexibility index (Phi) is 7.54. The Bertz CT molecular complexity index is 1180. The number of benzene rings is 2. The van der Waals surface area contributed by atoms with Gasteiger partial charge in [0.15, 0.2) is 0 Å². The van der Waals surface area contributed by atoms with Gasteiger partial charge in [0.25, 0.3) is 0 Å². The lowest BCUT2D eigenvalue weighted by molar-refractivity contribution is -0.142. The molecule has 12 heteroatoms. The van der Waals surface area contributed by atoms with Crippen LogP contribution in [0.15, 0.2) is 36.4 Å². The molecular weight excluding hydrogens is 460 g/mol. The van der Waals surface area contributed by atoms with E-state index in [1.165, 1.54) is 43.4 Å². The van der Waals surface area contributed by atoms with Gasteiger partial charge in [-0.25, -0.2) is 4.79 Å². The number of hydrogen-bond donors (Lipinski definition) is 6. The highest BCUT2D eigenvalue weighted by molar-refractivity contribution is 5.93. The summed E-state index contributed by atoms with van der Waals surface area (Å²) in [7, 11) is 1.33. The molecule has 35 heavy (non-hydrogen) atoms. The van der Waals surface area contributed by atoms with E-state index in [9.17, 15) is 39.3 Å². The number of nitrogens with zero attached hydrogens (tertiary/aromatic N) is 1. The number of phenolic OH excluding ortho intramolecular Hbond substituents is 2. The minimum atomic E-state index is -1.32. The number of phenols is 2. The van der Waals surface area contributed by atoms with Crippen LogP contribution in [-0.2, 0) is 30.4 Å². The SMILES string of the molecule is CN(C(=O)CNC=O)C1C(=O)NCC(=O)NC(C(=O)O)Cc2ccc(O)c(c2)-c2cc1ccc2O. The zero-order valence-electron chi connectivity index (χ0n) is 18.6. The zero-order valence-corrected chi connectivity index (χ0v) is 18.6. The van der Waals surface area contributed by atoms with Crippen molar-refractivity contribution in [3.8, 4) is 22.6 Å². The van der Waals surface area contributed by atoms with Crippen molar-refractivity contribution in [1.29, 1.82) is 0 Å². The van der Waals surface area contributed by atoms with Crippen LogP contribution in [0.4, 0.5) is 0 Å². The number of aliphatic carboxylic acids is 1. The van der Waals surface area contributed by atoms with Gasteiger partial charge < -0.3 is 36.2 Å². The van der Waals surface area contributed by atoms with Gasteiger partial charge in [0, 0.05) is 24.6 Å². The topological polar surface area (TPSA) is 185 Å². The fourth-order valence-electron chi connectivity index (χ4n) is 3.76. The van der Waals surface area contributed by atoms with Crippen molar-refractivity contribution in [3.63, 3.8) is 0 Å². The summed E-state index contributed by atoms with van der Waals surface area (Å²) in [5.74, 6) is -3.89. The van der Waals surface area contributed by atoms with Crippen molar-refractivity contribution >= 4 is 30.1 Å². The second-order valence-corrected chi connectivity index (χ2v) is 7.91. The Morgan fingerprint density at radius 3 is 2.43 bits per heavy atom. The van der Waals surface area contributed by atoms with Crippen LogP contribution in [0.1, 0.15) is 17.2 Å². The molecule has 0 spiro atoms. The maximum Gasteiger partial charge on any atom is 0.326 e. The quantitative estimate of drug-likeness (QED) is 0.299. The highest BCUT2D eigenvalue weighted by Crippen LogP contribution is 2.38. The van der Waals surface area contributed by atoms with Crippen LogP contribution in [0.2, 0.25) is 0 Å². The van der Waals surface area contributed by atoms with E-state index in [-0.39, 0.29) is 34.6 Å². The van der Waals surface area contributed by atoms with Gasteiger partial charge in [0.1, 0.15) is 23.6 Å². The van der Waals surface area contributed by atoms with E-state index in [1.807, 2.05) is 0 Å². The minimum absolute atomic E-state index is 0.119. The summed E-state index contributed by atoms with van der Waals surface area (Å²) in [5, 5.41) is 37.5. The third-order valence-electron chi connectivity index (χ3n) is 5.55. The molecule has 0 saturated heterocycles. The molecule has 0 aliphatic carbocycles. The van der Waals surface area contributed by atoms with E-state index in [4.69, 9.17) is 0 Å². The van der Waals surface area contributed by atoms with Gasteiger partial charge in [-0.3, -0.25) is 19.2 Å². The second-order valence-electron chi connectivity index (χ2n) is 7.91. The molecule has 0 radical (unpaired) electrons. The van der Waals surface area contributed by atoms with E-state index in [2.05, 4.69) is 16.0 Å². The van der Waals surface area contributed by atoms with E-state index >= 15 is 0 Å². The van der Waals surface area contributed by atoms with E-state index in [1.54, 1.807) is 0 Å². The molecule has 2 aromatic carbocycles. The summed E-state index contributed by atoms with van der Waals surface area (Å²) in [6, 6.07) is 5.79. The van der Waals surface area contributed by atoms with Gasteiger partial charge in [0.2, 0.25) is 24.1 Å². The van der Waals surface area contributed by atoms with Crippen molar-refractivity contribution in [1.82, 2.24) is 20.9 Å². The number of nitrogens with one attached hydrogen (secondary N) is 3. The summed E-state index contributed by atoms with van der Waals surface area (Å²) < 4.78 is 0. The molecule has 4 bridgehead atoms. The zero-order chi connectivity index (χ0) is 25.7. The summed E-state index contributed by atoms with van der Waals surface area (Å²) >= 11 is 0. The van der Waals surface area contributed by atoms with Gasteiger partial charge >= 0.3 is 5.97 Å². The maximum absolute atomic E-state index is 13.1. The number of fused-ring (bicyclic) bond motifs is 5. The third kappa shape index (κ3) is 5.66. The monoisotopic (exact) mass is 484 g/mol. The van der Waals surface area contributed by atoms with Crippen LogP contribution in [0.25, 0.3) is 11.1 Å². The Labute approximate surface area is 199 Å². The first-order chi connectivity index (χ1) is 16.6. The molecule has 6 N–H and O–H groups in total. The smallest absolute Gasteiger partial charge is 0.326 e. The molecule has 2 unspecified atom stereocenters. The fraction of sp³-hybridized carbons (Fsp3) is 0.261. The second kappa shape index (κ2) is 10.5. The first kappa shape index (κ1) is 25.0. The Morgan fingerprint density at radius 1 is 1.11 bits per heavy atom. The summed E-state index contributed by atoms with van der Waals surface area (Å²) in [4.78, 5) is 61.4. The average Bonchev–Trinajstić information content (AvgIpc) is 2.82. The minimum Gasteiger partial charge on any atom is -0.507 e. The first-order valence-corrected chi connectivity index (χ1v) is 10.5. The Hall–Kier alpha value is -4.61. The largest absolute Gasteiger partial charge is 0.507 e. The molecule has 2 atom stereocenters. The lowest BCUT2D eigenvalue weighted by atomic mass is 9.94. The normalized spacial score (nSPS) is 17.9. The fourth-order valence-corrected chi connectivity index (χ4v) is 3.76. The number of carboxylic acid groups (broad SMARTS) is 1. The van der Waals surface area contributed by atoms with Crippen LogP contribution in [0.5, 0.6) is 11.5 Å². The molecule has 184 valence electrons. The summed E-state index contributed by atoms with van der Waals surface area (Å²) in [6.45, 7) is -0.947. The average molecular weight is 484 g/mol. The van der Waals surface area contributed by atoms with E-state index in [0.717, 1.165) is 4.90 Å². The number of carboxylic acids is 1. The van der Waals surface area contributed by atoms with Crippen molar-refractivity contribution < 1.29 is 39.3 Å². The van der Waals surface area contributed by atoms with E-state index < -0.39 is 48.9 Å². The highest BCUT2D eigenvalue weighted by atomic mass is 16.4. The molecular formula is C23H24N4O8. The molecule has 1 aliphatic heterocycles. The summed E-state index contributed by atoms with van der Waals surface area (Å²) in [6.07, 6.45) is 0.212. The number of rotatable bonds is 5. The number of amides is 4. The van der Waals surface area contributed by atoms with Crippen molar-refractivity contribution in [3.05, 3.63) is 47.5 Å². The molecule has 1 aliphatic rings. The first-order valence-electron chi connectivity index (χ1n) is 10.5. The molecule has 1 heterocycles. The predicted molar refractivity (Wildman–Crippen MR) is 121 cm³/mol. The van der Waals surface area contributed by atoms with Gasteiger partial charge in [-0.15, -0.1) is 0 Å². The maximum atomic E-state index is 13.1. The van der Waals surface area contributed by atoms with Gasteiger partial charge in [-0.1, -0.05) is 12.1 Å². The third-order valence-corrected chi connectivity index (χ3v) is 5.55. The lowest BCUT2D eigenvalue weighted by Gasteiger charge is -2.28. The van der Waals surface area contributed by atoms with Crippen LogP contribution in [-0.4, -0.2) is 76.5 Å². The molecule has 0 aromatic heterocycles. The molecule has 0 saturated carbocycles. The molecule has 3 rings (SSSR count). The Morgan fingerprint density at radius 2 is 1.77 bits per heavy atom. The van der Waals surface area contributed by atoms with Crippen molar-refractivity contribution in [2.45, 2.75) is 18.5 Å². The Balaban J connectivity index is 2.16. The standard InChI is InChI=1S/C23H24N4O8/c1-27(20(32)10-24-11-28)21-13-3-5-18(30)15(8-13)14-6-12(2-4-17(14)29)7-16(23(34)35)26-19(31)9-25-22(21)33/h2-6,8,11,16,21,29-30H,7,9-10H2,1H3,(H,24,28)(H,25,33)(H,26,31)(H,34,35). The number of carbonyl (C=O) groups is 5.